The Bertz CT molecular complexity index is 590. The average Bonchev–Trinajstić information content (AvgIpc) is 2.94. The maximum Gasteiger partial charge on any atom is 0.226 e. The summed E-state index contributed by atoms with van der Waals surface area (Å²) in [6.07, 6.45) is 5.05. The monoisotopic (exact) mass is 316 g/mol. The molecule has 1 atom stereocenters. The minimum atomic E-state index is 0.502. The molecule has 1 aromatic carbocycles. The lowest BCUT2D eigenvalue weighted by Gasteiger charge is -2.12. The Labute approximate surface area is 139 Å². The molecule has 2 rings (SSSR count). The van der Waals surface area contributed by atoms with Crippen LogP contribution in [0.15, 0.2) is 28.7 Å². The van der Waals surface area contributed by atoms with E-state index in [0.717, 1.165) is 29.3 Å². The summed E-state index contributed by atoms with van der Waals surface area (Å²) >= 11 is 0. The number of hydrogen-bond acceptors (Lipinski definition) is 4. The van der Waals surface area contributed by atoms with Crippen LogP contribution in [0.4, 0.5) is 0 Å². The smallest absolute Gasteiger partial charge is 0.226 e. The molecule has 0 aliphatic carbocycles. The van der Waals surface area contributed by atoms with Crippen molar-refractivity contribution >= 4 is 0 Å². The molecule has 1 aromatic heterocycles. The van der Waals surface area contributed by atoms with E-state index in [0.29, 0.717) is 11.9 Å². The number of aromatic nitrogens is 1. The number of unbranched alkanes of at least 4 members (excludes halogenated alkanes) is 2. The van der Waals surface area contributed by atoms with Gasteiger partial charge < -0.3 is 14.5 Å². The molecule has 23 heavy (non-hydrogen) atoms. The first-order valence-electron chi connectivity index (χ1n) is 8.48. The summed E-state index contributed by atoms with van der Waals surface area (Å²) in [7, 11) is 1.66. The highest BCUT2D eigenvalue weighted by Gasteiger charge is 2.12. The molecule has 0 radical (unpaired) electrons. The van der Waals surface area contributed by atoms with E-state index in [1.54, 1.807) is 7.11 Å². The molecular weight excluding hydrogens is 288 g/mol. The summed E-state index contributed by atoms with van der Waals surface area (Å²) in [5.74, 6) is 2.38. The second-order valence-corrected chi connectivity index (χ2v) is 6.03. The number of oxazole rings is 1. The molecule has 1 unspecified atom stereocenters. The van der Waals surface area contributed by atoms with Gasteiger partial charge in [0.05, 0.1) is 12.8 Å². The quantitative estimate of drug-likeness (QED) is 0.680. The second kappa shape index (κ2) is 8.73. The Kier molecular flexibility index (Phi) is 6.66. The van der Waals surface area contributed by atoms with Crippen molar-refractivity contribution in [1.29, 1.82) is 0 Å². The highest BCUT2D eigenvalue weighted by atomic mass is 16.5. The Morgan fingerprint density at radius 2 is 1.96 bits per heavy atom. The standard InChI is InChI=1S/C19H28N2O2/c1-5-6-7-8-14(2)20-13-18-15(3)23-19(21-18)16-9-11-17(22-4)12-10-16/h9-12,14,20H,5-8,13H2,1-4H3. The van der Waals surface area contributed by atoms with Crippen LogP contribution in [0.1, 0.15) is 51.0 Å². The minimum absolute atomic E-state index is 0.502. The molecule has 0 spiro atoms. The van der Waals surface area contributed by atoms with Crippen molar-refractivity contribution in [3.63, 3.8) is 0 Å². The lowest BCUT2D eigenvalue weighted by Crippen LogP contribution is -2.25. The van der Waals surface area contributed by atoms with Gasteiger partial charge in [0, 0.05) is 18.2 Å². The summed E-state index contributed by atoms with van der Waals surface area (Å²) in [5, 5.41) is 3.54. The molecule has 4 heteroatoms. The Balaban J connectivity index is 1.94. The number of ether oxygens (including phenoxy) is 1. The number of methoxy groups -OCH3 is 1. The van der Waals surface area contributed by atoms with Crippen LogP contribution >= 0.6 is 0 Å². The van der Waals surface area contributed by atoms with Gasteiger partial charge in [0.15, 0.2) is 0 Å². The van der Waals surface area contributed by atoms with Crippen LogP contribution in [-0.4, -0.2) is 18.1 Å². The summed E-state index contributed by atoms with van der Waals surface area (Å²) in [6.45, 7) is 7.19. The van der Waals surface area contributed by atoms with E-state index in [-0.39, 0.29) is 0 Å². The van der Waals surface area contributed by atoms with Crippen molar-refractivity contribution in [3.05, 3.63) is 35.7 Å². The zero-order chi connectivity index (χ0) is 16.7. The number of benzene rings is 1. The molecule has 0 saturated carbocycles. The van der Waals surface area contributed by atoms with Gasteiger partial charge in [-0.2, -0.15) is 0 Å². The van der Waals surface area contributed by atoms with E-state index in [1.165, 1.54) is 25.7 Å². The molecule has 1 N–H and O–H groups in total. The third-order valence-corrected chi connectivity index (χ3v) is 4.09. The average molecular weight is 316 g/mol. The highest BCUT2D eigenvalue weighted by Crippen LogP contribution is 2.24. The Hall–Kier alpha value is -1.81. The lowest BCUT2D eigenvalue weighted by molar-refractivity contribution is 0.415. The van der Waals surface area contributed by atoms with Gasteiger partial charge in [-0.3, -0.25) is 0 Å². The second-order valence-electron chi connectivity index (χ2n) is 6.03. The Morgan fingerprint density at radius 1 is 1.22 bits per heavy atom. The topological polar surface area (TPSA) is 47.3 Å². The first-order chi connectivity index (χ1) is 11.1. The fraction of sp³-hybridized carbons (Fsp3) is 0.526. The van der Waals surface area contributed by atoms with Crippen LogP contribution in [0, 0.1) is 6.92 Å². The highest BCUT2D eigenvalue weighted by molar-refractivity contribution is 5.55. The number of nitrogens with one attached hydrogen (secondary N) is 1. The van der Waals surface area contributed by atoms with Gasteiger partial charge in [-0.25, -0.2) is 4.98 Å². The van der Waals surface area contributed by atoms with Crippen LogP contribution in [0.2, 0.25) is 0 Å². The molecule has 0 amide bonds. The van der Waals surface area contributed by atoms with Gasteiger partial charge in [0.25, 0.3) is 0 Å². The molecule has 4 nitrogen and oxygen atoms in total. The van der Waals surface area contributed by atoms with E-state index in [4.69, 9.17) is 9.15 Å². The van der Waals surface area contributed by atoms with Gasteiger partial charge in [0.2, 0.25) is 5.89 Å². The third kappa shape index (κ3) is 5.10. The van der Waals surface area contributed by atoms with E-state index < -0.39 is 0 Å². The van der Waals surface area contributed by atoms with Crippen molar-refractivity contribution < 1.29 is 9.15 Å². The summed E-state index contributed by atoms with van der Waals surface area (Å²) in [5.41, 5.74) is 1.95. The van der Waals surface area contributed by atoms with Crippen LogP contribution in [0.5, 0.6) is 5.75 Å². The molecule has 0 bridgehead atoms. The summed E-state index contributed by atoms with van der Waals surface area (Å²) in [6, 6.07) is 8.27. The molecule has 2 aromatic rings. The maximum atomic E-state index is 5.81. The molecule has 126 valence electrons. The van der Waals surface area contributed by atoms with Gasteiger partial charge in [-0.1, -0.05) is 26.2 Å². The van der Waals surface area contributed by atoms with Crippen molar-refractivity contribution in [2.45, 2.75) is 59.0 Å². The van der Waals surface area contributed by atoms with E-state index in [9.17, 15) is 0 Å². The first kappa shape index (κ1) is 17.5. The predicted molar refractivity (Wildman–Crippen MR) is 93.7 cm³/mol. The largest absolute Gasteiger partial charge is 0.497 e. The van der Waals surface area contributed by atoms with Gasteiger partial charge in [-0.05, 0) is 44.5 Å². The predicted octanol–water partition coefficient (Wildman–Crippen LogP) is 4.72. The normalized spacial score (nSPS) is 12.3. The van der Waals surface area contributed by atoms with Crippen molar-refractivity contribution in [2.75, 3.05) is 7.11 Å². The molecule has 0 aliphatic heterocycles. The zero-order valence-electron chi connectivity index (χ0n) is 14.7. The molecular formula is C19H28N2O2. The minimum Gasteiger partial charge on any atom is -0.497 e. The molecule has 1 heterocycles. The summed E-state index contributed by atoms with van der Waals surface area (Å²) < 4.78 is 11.0. The van der Waals surface area contributed by atoms with Gasteiger partial charge >= 0.3 is 0 Å². The fourth-order valence-corrected chi connectivity index (χ4v) is 2.52. The molecule has 0 fully saturated rings. The van der Waals surface area contributed by atoms with Gasteiger partial charge in [0.1, 0.15) is 11.5 Å². The van der Waals surface area contributed by atoms with E-state index in [1.807, 2.05) is 31.2 Å². The van der Waals surface area contributed by atoms with Crippen LogP contribution in [-0.2, 0) is 6.54 Å². The first-order valence-corrected chi connectivity index (χ1v) is 8.48. The number of hydrogen-bond donors (Lipinski definition) is 1. The van der Waals surface area contributed by atoms with Crippen molar-refractivity contribution in [1.82, 2.24) is 10.3 Å². The number of aryl methyl sites for hydroxylation is 1. The maximum absolute atomic E-state index is 5.81. The molecule has 0 saturated heterocycles. The number of rotatable bonds is 9. The van der Waals surface area contributed by atoms with Crippen LogP contribution in [0.25, 0.3) is 11.5 Å². The van der Waals surface area contributed by atoms with Gasteiger partial charge in [-0.15, -0.1) is 0 Å². The van der Waals surface area contributed by atoms with Crippen molar-refractivity contribution in [3.8, 4) is 17.2 Å². The lowest BCUT2D eigenvalue weighted by atomic mass is 10.1. The van der Waals surface area contributed by atoms with Crippen molar-refractivity contribution in [2.24, 2.45) is 0 Å². The van der Waals surface area contributed by atoms with E-state index >= 15 is 0 Å². The van der Waals surface area contributed by atoms with Crippen LogP contribution in [0.3, 0.4) is 0 Å². The fourth-order valence-electron chi connectivity index (χ4n) is 2.52. The molecule has 0 aliphatic rings. The van der Waals surface area contributed by atoms with E-state index in [2.05, 4.69) is 24.1 Å². The SMILES string of the molecule is CCCCCC(C)NCc1nc(-c2ccc(OC)cc2)oc1C. The van der Waals surface area contributed by atoms with Crippen LogP contribution < -0.4 is 10.1 Å². The Morgan fingerprint density at radius 3 is 2.61 bits per heavy atom. The summed E-state index contributed by atoms with van der Waals surface area (Å²) in [4.78, 5) is 4.63. The number of nitrogens with zero attached hydrogens (tertiary/aromatic N) is 1. The third-order valence-electron chi connectivity index (χ3n) is 4.09. The zero-order valence-corrected chi connectivity index (χ0v) is 14.7.